The van der Waals surface area contributed by atoms with Crippen LogP contribution in [-0.2, 0) is 30.3 Å². The molecule has 27 heavy (non-hydrogen) atoms. The van der Waals surface area contributed by atoms with Gasteiger partial charge in [0.1, 0.15) is 18.3 Å². The smallest absolute Gasteiger partial charge is 0.306 e. The topological polar surface area (TPSA) is 115 Å². The first-order valence-corrected chi connectivity index (χ1v) is 9.12. The summed E-state index contributed by atoms with van der Waals surface area (Å²) in [4.78, 5) is 11.8. The number of carbonyl (C=O) groups excluding carboxylic acids is 1. The molecule has 0 aromatic heterocycles. The molecule has 1 aliphatic rings. The van der Waals surface area contributed by atoms with E-state index < -0.39 is 36.7 Å². The molecule has 1 saturated heterocycles. The van der Waals surface area contributed by atoms with Gasteiger partial charge in [0.2, 0.25) is 0 Å². The summed E-state index contributed by atoms with van der Waals surface area (Å²) < 4.78 is 21.6. The van der Waals surface area contributed by atoms with E-state index in [1.807, 2.05) is 37.3 Å². The van der Waals surface area contributed by atoms with Gasteiger partial charge in [-0.1, -0.05) is 37.3 Å². The minimum absolute atomic E-state index is 0.0156. The monoisotopic (exact) mass is 384 g/mol. The number of hydrogen-bond donors (Lipinski definition) is 3. The van der Waals surface area contributed by atoms with E-state index in [1.165, 1.54) is 0 Å². The van der Waals surface area contributed by atoms with E-state index in [-0.39, 0.29) is 26.2 Å². The lowest BCUT2D eigenvalue weighted by Crippen LogP contribution is -2.61. The number of rotatable bonds is 10. The molecule has 1 aliphatic heterocycles. The lowest BCUT2D eigenvalue weighted by Gasteiger charge is -2.42. The molecule has 1 aromatic rings. The predicted octanol–water partition coefficient (Wildman–Crippen LogP) is 0.371. The molecular weight excluding hydrogens is 356 g/mol. The van der Waals surface area contributed by atoms with Gasteiger partial charge in [-0.25, -0.2) is 0 Å². The van der Waals surface area contributed by atoms with Gasteiger partial charge in [0.15, 0.2) is 12.4 Å². The highest BCUT2D eigenvalue weighted by Crippen LogP contribution is 2.26. The molecule has 0 radical (unpaired) electrons. The van der Waals surface area contributed by atoms with Crippen molar-refractivity contribution in [3.63, 3.8) is 0 Å². The first-order chi connectivity index (χ1) is 13.1. The molecule has 0 bridgehead atoms. The average Bonchev–Trinajstić information content (AvgIpc) is 2.66. The first kappa shape index (κ1) is 21.7. The SMILES string of the molecule is CCCC(=O)OC1C(O)OC(COCc2ccccc2)C(O)C1OCCO. The van der Waals surface area contributed by atoms with Crippen LogP contribution in [0.2, 0.25) is 0 Å². The summed E-state index contributed by atoms with van der Waals surface area (Å²) in [6.45, 7) is 1.81. The van der Waals surface area contributed by atoms with Gasteiger partial charge in [-0.05, 0) is 12.0 Å². The Morgan fingerprint density at radius 2 is 1.93 bits per heavy atom. The van der Waals surface area contributed by atoms with Gasteiger partial charge in [-0.15, -0.1) is 0 Å². The van der Waals surface area contributed by atoms with E-state index in [9.17, 15) is 15.0 Å². The van der Waals surface area contributed by atoms with Gasteiger partial charge in [0.05, 0.1) is 26.4 Å². The average molecular weight is 384 g/mol. The largest absolute Gasteiger partial charge is 0.454 e. The summed E-state index contributed by atoms with van der Waals surface area (Å²) in [5.41, 5.74) is 0.961. The van der Waals surface area contributed by atoms with Crippen LogP contribution in [0.1, 0.15) is 25.3 Å². The van der Waals surface area contributed by atoms with Crippen LogP contribution in [0.15, 0.2) is 30.3 Å². The van der Waals surface area contributed by atoms with Crippen LogP contribution < -0.4 is 0 Å². The number of benzene rings is 1. The van der Waals surface area contributed by atoms with Crippen molar-refractivity contribution in [1.29, 1.82) is 0 Å². The van der Waals surface area contributed by atoms with E-state index in [4.69, 9.17) is 24.1 Å². The third-order valence-corrected chi connectivity index (χ3v) is 4.15. The summed E-state index contributed by atoms with van der Waals surface area (Å²) in [5, 5.41) is 29.8. The van der Waals surface area contributed by atoms with Gasteiger partial charge in [-0.3, -0.25) is 4.79 Å². The van der Waals surface area contributed by atoms with E-state index in [0.29, 0.717) is 13.0 Å². The van der Waals surface area contributed by atoms with Crippen LogP contribution in [0.25, 0.3) is 0 Å². The molecule has 1 fully saturated rings. The fraction of sp³-hybridized carbons (Fsp3) is 0.632. The molecule has 8 heteroatoms. The molecule has 0 amide bonds. The molecule has 1 aromatic carbocycles. The van der Waals surface area contributed by atoms with Gasteiger partial charge < -0.3 is 34.3 Å². The minimum atomic E-state index is -1.47. The number of ether oxygens (including phenoxy) is 4. The Morgan fingerprint density at radius 1 is 1.19 bits per heavy atom. The number of esters is 1. The third kappa shape index (κ3) is 6.53. The number of carbonyl (C=O) groups is 1. The second-order valence-electron chi connectivity index (χ2n) is 6.32. The second kappa shape index (κ2) is 11.3. The van der Waals surface area contributed by atoms with E-state index in [2.05, 4.69) is 0 Å². The summed E-state index contributed by atoms with van der Waals surface area (Å²) in [6.07, 6.45) is -4.99. The maximum Gasteiger partial charge on any atom is 0.306 e. The zero-order valence-corrected chi connectivity index (χ0v) is 15.4. The van der Waals surface area contributed by atoms with E-state index in [0.717, 1.165) is 5.56 Å². The second-order valence-corrected chi connectivity index (χ2v) is 6.32. The van der Waals surface area contributed by atoms with Crippen LogP contribution in [-0.4, -0.2) is 71.8 Å². The Labute approximate surface area is 158 Å². The number of aliphatic hydroxyl groups is 3. The summed E-state index contributed by atoms with van der Waals surface area (Å²) in [6, 6.07) is 9.49. The molecule has 0 spiro atoms. The summed E-state index contributed by atoms with van der Waals surface area (Å²) in [7, 11) is 0. The Kier molecular flexibility index (Phi) is 9.12. The van der Waals surface area contributed by atoms with Crippen molar-refractivity contribution < 1.29 is 39.1 Å². The molecule has 8 nitrogen and oxygen atoms in total. The summed E-state index contributed by atoms with van der Waals surface area (Å²) in [5.74, 6) is -0.520. The molecule has 0 aliphatic carbocycles. The Morgan fingerprint density at radius 3 is 2.59 bits per heavy atom. The van der Waals surface area contributed by atoms with Crippen molar-refractivity contribution in [3.05, 3.63) is 35.9 Å². The van der Waals surface area contributed by atoms with Crippen LogP contribution in [0, 0.1) is 0 Å². The van der Waals surface area contributed by atoms with Crippen molar-refractivity contribution in [2.75, 3.05) is 19.8 Å². The molecule has 5 unspecified atom stereocenters. The van der Waals surface area contributed by atoms with Gasteiger partial charge in [-0.2, -0.15) is 0 Å². The highest BCUT2D eigenvalue weighted by molar-refractivity contribution is 5.69. The predicted molar refractivity (Wildman–Crippen MR) is 94.6 cm³/mol. The Hall–Kier alpha value is -1.55. The van der Waals surface area contributed by atoms with Crippen molar-refractivity contribution in [2.24, 2.45) is 0 Å². The lowest BCUT2D eigenvalue weighted by molar-refractivity contribution is -0.300. The van der Waals surface area contributed by atoms with Crippen molar-refractivity contribution in [1.82, 2.24) is 0 Å². The van der Waals surface area contributed by atoms with E-state index in [1.54, 1.807) is 0 Å². The van der Waals surface area contributed by atoms with Crippen LogP contribution in [0.4, 0.5) is 0 Å². The lowest BCUT2D eigenvalue weighted by atomic mass is 9.98. The molecule has 2 rings (SSSR count). The first-order valence-electron chi connectivity index (χ1n) is 9.12. The van der Waals surface area contributed by atoms with Crippen LogP contribution in [0.5, 0.6) is 0 Å². The van der Waals surface area contributed by atoms with Gasteiger partial charge in [0, 0.05) is 6.42 Å². The Bertz CT molecular complexity index is 552. The zero-order chi connectivity index (χ0) is 19.6. The Balaban J connectivity index is 1.96. The molecule has 1 heterocycles. The van der Waals surface area contributed by atoms with Gasteiger partial charge in [0.25, 0.3) is 0 Å². The highest BCUT2D eigenvalue weighted by atomic mass is 16.7. The third-order valence-electron chi connectivity index (χ3n) is 4.15. The fourth-order valence-corrected chi connectivity index (χ4v) is 2.83. The number of hydrogen-bond acceptors (Lipinski definition) is 8. The van der Waals surface area contributed by atoms with Gasteiger partial charge >= 0.3 is 5.97 Å². The van der Waals surface area contributed by atoms with Crippen LogP contribution >= 0.6 is 0 Å². The minimum Gasteiger partial charge on any atom is -0.454 e. The quantitative estimate of drug-likeness (QED) is 0.496. The van der Waals surface area contributed by atoms with Crippen molar-refractivity contribution in [2.45, 2.75) is 57.1 Å². The fourth-order valence-electron chi connectivity index (χ4n) is 2.83. The van der Waals surface area contributed by atoms with E-state index >= 15 is 0 Å². The molecule has 3 N–H and O–H groups in total. The maximum absolute atomic E-state index is 11.8. The highest BCUT2D eigenvalue weighted by Gasteiger charge is 2.47. The normalized spacial score (nSPS) is 28.1. The van der Waals surface area contributed by atoms with Crippen molar-refractivity contribution >= 4 is 5.97 Å². The number of aliphatic hydroxyl groups excluding tert-OH is 3. The molecule has 0 saturated carbocycles. The standard InChI is InChI=1S/C19H28O8/c1-2-6-15(21)27-18-17(25-10-9-20)16(22)14(26-19(18)23)12-24-11-13-7-4-3-5-8-13/h3-5,7-8,14,16-20,22-23H,2,6,9-12H2,1H3. The molecule has 152 valence electrons. The molecule has 5 atom stereocenters. The maximum atomic E-state index is 11.8. The summed E-state index contributed by atoms with van der Waals surface area (Å²) >= 11 is 0. The van der Waals surface area contributed by atoms with Crippen molar-refractivity contribution in [3.8, 4) is 0 Å². The zero-order valence-electron chi connectivity index (χ0n) is 15.4. The van der Waals surface area contributed by atoms with Crippen LogP contribution in [0.3, 0.4) is 0 Å². The molecular formula is C19H28O8.